The Labute approximate surface area is 156 Å². The highest BCUT2D eigenvalue weighted by molar-refractivity contribution is 7.18. The molecule has 0 aliphatic heterocycles. The quantitative estimate of drug-likeness (QED) is 0.491. The minimum atomic E-state index is -0.609. The van der Waals surface area contributed by atoms with E-state index in [-0.39, 0.29) is 16.8 Å². The van der Waals surface area contributed by atoms with Gasteiger partial charge in [0.2, 0.25) is 5.13 Å². The van der Waals surface area contributed by atoms with Crippen LogP contribution in [0.2, 0.25) is 0 Å². The summed E-state index contributed by atoms with van der Waals surface area (Å²) < 4.78 is 19.0. The number of fused-ring (bicyclic) bond motifs is 1. The van der Waals surface area contributed by atoms with Crippen LogP contribution in [-0.2, 0) is 0 Å². The van der Waals surface area contributed by atoms with Crippen molar-refractivity contribution in [1.82, 2.24) is 15.2 Å². The number of nitrogens with zero attached hydrogens (tertiary/aromatic N) is 3. The summed E-state index contributed by atoms with van der Waals surface area (Å²) in [7, 11) is 0. The molecule has 0 saturated carbocycles. The van der Waals surface area contributed by atoms with E-state index >= 15 is 0 Å². The normalized spacial score (nSPS) is 10.9. The molecule has 0 aliphatic rings. The van der Waals surface area contributed by atoms with E-state index in [1.54, 1.807) is 37.3 Å². The van der Waals surface area contributed by atoms with Crippen LogP contribution in [0, 0.1) is 12.7 Å². The molecule has 2 heterocycles. The number of nitrogen functional groups attached to an aromatic ring is 1. The van der Waals surface area contributed by atoms with Crippen LogP contribution in [0.25, 0.3) is 21.7 Å². The van der Waals surface area contributed by atoms with Crippen molar-refractivity contribution in [2.45, 2.75) is 6.92 Å². The Morgan fingerprint density at radius 2 is 2.04 bits per heavy atom. The Bertz CT molecular complexity index is 1160. The number of carbonyl (C=O) groups is 1. The summed E-state index contributed by atoms with van der Waals surface area (Å²) in [6.45, 7) is 1.80. The van der Waals surface area contributed by atoms with E-state index in [9.17, 15) is 9.18 Å². The second-order valence-corrected chi connectivity index (χ2v) is 6.69. The van der Waals surface area contributed by atoms with E-state index in [1.807, 2.05) is 0 Å². The summed E-state index contributed by atoms with van der Waals surface area (Å²) in [6.07, 6.45) is 0. The Hall–Kier alpha value is -3.53. The Morgan fingerprint density at radius 3 is 2.89 bits per heavy atom. The minimum Gasteiger partial charge on any atom is -0.424 e. The van der Waals surface area contributed by atoms with E-state index in [2.05, 4.69) is 25.8 Å². The van der Waals surface area contributed by atoms with E-state index in [0.29, 0.717) is 16.1 Å². The van der Waals surface area contributed by atoms with Crippen molar-refractivity contribution in [3.05, 3.63) is 47.8 Å². The largest absolute Gasteiger partial charge is 0.424 e. The number of nitrogens with two attached hydrogens (primary N) is 1. The van der Waals surface area contributed by atoms with Crippen LogP contribution >= 0.6 is 11.3 Å². The summed E-state index contributed by atoms with van der Waals surface area (Å²) in [5, 5.41) is 13.8. The molecule has 4 aromatic rings. The molecule has 2 aromatic carbocycles. The fraction of sp³-hybridized carbons (Fsp3) is 0.0588. The smallest absolute Gasteiger partial charge is 0.325 e. The average molecular weight is 384 g/mol. The van der Waals surface area contributed by atoms with E-state index in [1.165, 1.54) is 17.4 Å². The number of urea groups is 1. The summed E-state index contributed by atoms with van der Waals surface area (Å²) >= 11 is 1.17. The van der Waals surface area contributed by atoms with Crippen LogP contribution in [0.4, 0.5) is 26.0 Å². The lowest BCUT2D eigenvalue weighted by Gasteiger charge is -2.07. The molecule has 0 unspecified atom stereocenters. The zero-order valence-electron chi connectivity index (χ0n) is 14.0. The number of rotatable bonds is 3. The number of anilines is 3. The van der Waals surface area contributed by atoms with Gasteiger partial charge in [0.05, 0.1) is 5.69 Å². The highest BCUT2D eigenvalue weighted by Gasteiger charge is 2.13. The van der Waals surface area contributed by atoms with Gasteiger partial charge in [-0.15, -0.1) is 10.2 Å². The van der Waals surface area contributed by atoms with Gasteiger partial charge >= 0.3 is 6.03 Å². The number of hydrogen-bond acceptors (Lipinski definition) is 7. The monoisotopic (exact) mass is 384 g/mol. The lowest BCUT2D eigenvalue weighted by atomic mass is 10.2. The van der Waals surface area contributed by atoms with Crippen molar-refractivity contribution in [1.29, 1.82) is 0 Å². The number of benzene rings is 2. The summed E-state index contributed by atoms with van der Waals surface area (Å²) in [5.74, 6) is -0.520. The van der Waals surface area contributed by atoms with E-state index in [0.717, 1.165) is 11.1 Å². The maximum Gasteiger partial charge on any atom is 0.325 e. The third-order valence-corrected chi connectivity index (χ3v) is 4.55. The van der Waals surface area contributed by atoms with Crippen molar-refractivity contribution in [2.24, 2.45) is 0 Å². The summed E-state index contributed by atoms with van der Waals surface area (Å²) in [4.78, 5) is 16.2. The van der Waals surface area contributed by atoms with Gasteiger partial charge in [0, 0.05) is 5.56 Å². The number of aromatic nitrogens is 3. The minimum absolute atomic E-state index is 0.0850. The standard InChI is InChI=1S/C17H13FN6O2S/c1-8-2-4-10(18)11(6-8)21-16(25)22-17-24-23-14(27-17)9-3-5-13-12(7-9)20-15(19)26-13/h2-7H,1H3,(H2,19,20)(H2,21,22,24,25). The molecular formula is C17H13FN6O2S. The zero-order valence-corrected chi connectivity index (χ0v) is 14.8. The topological polar surface area (TPSA) is 119 Å². The fourth-order valence-corrected chi connectivity index (χ4v) is 3.19. The molecular weight excluding hydrogens is 371 g/mol. The third-order valence-electron chi connectivity index (χ3n) is 3.67. The van der Waals surface area contributed by atoms with Gasteiger partial charge in [-0.1, -0.05) is 17.4 Å². The van der Waals surface area contributed by atoms with Crippen LogP contribution in [0.15, 0.2) is 40.8 Å². The maximum absolute atomic E-state index is 13.7. The average Bonchev–Trinajstić information content (AvgIpc) is 3.22. The van der Waals surface area contributed by atoms with Crippen LogP contribution in [0.1, 0.15) is 5.56 Å². The molecule has 136 valence electrons. The molecule has 0 fully saturated rings. The van der Waals surface area contributed by atoms with E-state index < -0.39 is 11.8 Å². The SMILES string of the molecule is Cc1ccc(F)c(NC(=O)Nc2nnc(-c3ccc4oc(N)nc4c3)s2)c1. The van der Waals surface area contributed by atoms with Gasteiger partial charge in [-0.2, -0.15) is 4.98 Å². The van der Waals surface area contributed by atoms with Gasteiger partial charge in [0.25, 0.3) is 6.01 Å². The van der Waals surface area contributed by atoms with Crippen LogP contribution < -0.4 is 16.4 Å². The Balaban J connectivity index is 1.50. The lowest BCUT2D eigenvalue weighted by molar-refractivity contribution is 0.262. The van der Waals surface area contributed by atoms with Gasteiger partial charge in [-0.05, 0) is 42.8 Å². The Morgan fingerprint density at radius 1 is 1.19 bits per heavy atom. The first-order valence-electron chi connectivity index (χ1n) is 7.82. The molecule has 0 bridgehead atoms. The first-order valence-corrected chi connectivity index (χ1v) is 8.64. The van der Waals surface area contributed by atoms with E-state index in [4.69, 9.17) is 10.2 Å². The molecule has 0 radical (unpaired) electrons. The molecule has 2 amide bonds. The van der Waals surface area contributed by atoms with Gasteiger partial charge < -0.3 is 15.5 Å². The predicted molar refractivity (Wildman–Crippen MR) is 101 cm³/mol. The van der Waals surface area contributed by atoms with Crippen LogP contribution in [-0.4, -0.2) is 21.2 Å². The number of oxazole rings is 1. The third kappa shape index (κ3) is 3.55. The molecule has 2 aromatic heterocycles. The molecule has 8 nitrogen and oxygen atoms in total. The highest BCUT2D eigenvalue weighted by atomic mass is 32.1. The molecule has 27 heavy (non-hydrogen) atoms. The Kier molecular flexibility index (Phi) is 4.16. The van der Waals surface area contributed by atoms with Gasteiger partial charge in [0.1, 0.15) is 16.3 Å². The molecule has 4 N–H and O–H groups in total. The molecule has 0 spiro atoms. The van der Waals surface area contributed by atoms with Crippen molar-refractivity contribution >= 4 is 45.3 Å². The first kappa shape index (κ1) is 16.9. The number of nitrogens with one attached hydrogen (secondary N) is 2. The fourth-order valence-electron chi connectivity index (χ4n) is 2.45. The number of carbonyl (C=O) groups excluding carboxylic acids is 1. The number of aryl methyl sites for hydroxylation is 1. The molecule has 0 aliphatic carbocycles. The number of hydrogen-bond donors (Lipinski definition) is 3. The van der Waals surface area contributed by atoms with Crippen molar-refractivity contribution in [3.63, 3.8) is 0 Å². The molecule has 0 atom stereocenters. The highest BCUT2D eigenvalue weighted by Crippen LogP contribution is 2.29. The second-order valence-electron chi connectivity index (χ2n) is 5.71. The number of amides is 2. The van der Waals surface area contributed by atoms with Crippen molar-refractivity contribution < 1.29 is 13.6 Å². The molecule has 4 rings (SSSR count). The second kappa shape index (κ2) is 6.65. The lowest BCUT2D eigenvalue weighted by Crippen LogP contribution is -2.20. The van der Waals surface area contributed by atoms with Crippen LogP contribution in [0.3, 0.4) is 0 Å². The van der Waals surface area contributed by atoms with Crippen LogP contribution in [0.5, 0.6) is 0 Å². The maximum atomic E-state index is 13.7. The predicted octanol–water partition coefficient (Wildman–Crippen LogP) is 4.02. The number of halogens is 1. The first-order chi connectivity index (χ1) is 13.0. The van der Waals surface area contributed by atoms with Gasteiger partial charge in [-0.3, -0.25) is 5.32 Å². The zero-order chi connectivity index (χ0) is 19.0. The summed E-state index contributed by atoms with van der Waals surface area (Å²) in [5.41, 5.74) is 8.38. The van der Waals surface area contributed by atoms with Crippen molar-refractivity contribution in [2.75, 3.05) is 16.4 Å². The van der Waals surface area contributed by atoms with Gasteiger partial charge in [-0.25, -0.2) is 9.18 Å². The molecule has 10 heteroatoms. The molecule has 0 saturated heterocycles. The van der Waals surface area contributed by atoms with Crippen molar-refractivity contribution in [3.8, 4) is 10.6 Å². The summed E-state index contributed by atoms with van der Waals surface area (Å²) in [6, 6.07) is 9.22. The van der Waals surface area contributed by atoms with Gasteiger partial charge in [0.15, 0.2) is 5.58 Å².